The molecule has 0 atom stereocenters. The van der Waals surface area contributed by atoms with Crippen molar-refractivity contribution in [2.24, 2.45) is 0 Å². The van der Waals surface area contributed by atoms with Gasteiger partial charge in [-0.25, -0.2) is 0 Å². The summed E-state index contributed by atoms with van der Waals surface area (Å²) >= 11 is 0. The first-order chi connectivity index (χ1) is 22.6. The Morgan fingerprint density at radius 1 is 0.543 bits per heavy atom. The molecule has 0 unspecified atom stereocenters. The predicted octanol–water partition coefficient (Wildman–Crippen LogP) is 6.11. The van der Waals surface area contributed by atoms with Crippen LogP contribution in [0.3, 0.4) is 0 Å². The van der Waals surface area contributed by atoms with Crippen LogP contribution in [0, 0.1) is 0 Å². The number of likely N-dealkylation sites (N-methyl/N-ethyl adjacent to an activating group) is 2. The minimum absolute atomic E-state index is 0.160. The molecule has 7 heteroatoms. The molecule has 46 heavy (non-hydrogen) atoms. The van der Waals surface area contributed by atoms with E-state index < -0.39 is 0 Å². The smallest absolute Gasteiger partial charge is 0.185 e. The zero-order valence-corrected chi connectivity index (χ0v) is 28.4. The fourth-order valence-corrected chi connectivity index (χ4v) is 6.61. The zero-order chi connectivity index (χ0) is 32.0. The Morgan fingerprint density at radius 3 is 1.28 bits per heavy atom. The number of unbranched alkanes of at least 4 members (excludes halogenated alkanes) is 2. The number of carbonyl (C=O) groups excluding carboxylic acids is 1. The quantitative estimate of drug-likeness (QED) is 0.164. The standard InChI is InChI=1S/C39H56N4O3/c1-3-40-21-25-42(26-22-40)19-5-7-29-45-37-15-9-33(10-16-37)31-35-13-14-36(39(35)44)32-34-11-17-38(18-12-34)46-30-8-6-20-43-27-23-41(4-2)24-28-43/h9-12,15-18,31-32H,3-8,13-14,19-30H2,1-2H3/b35-31+,36-32+. The summed E-state index contributed by atoms with van der Waals surface area (Å²) in [6.45, 7) is 20.1. The molecule has 5 rings (SSSR count). The Hall–Kier alpha value is -2.97. The first-order valence-corrected chi connectivity index (χ1v) is 17.9. The first-order valence-electron chi connectivity index (χ1n) is 17.9. The summed E-state index contributed by atoms with van der Waals surface area (Å²) in [7, 11) is 0. The van der Waals surface area contributed by atoms with Gasteiger partial charge in [-0.1, -0.05) is 38.1 Å². The molecule has 1 aliphatic carbocycles. The van der Waals surface area contributed by atoms with Gasteiger partial charge in [0.1, 0.15) is 11.5 Å². The Kier molecular flexibility index (Phi) is 13.7. The Bertz CT molecular complexity index is 1160. The lowest BCUT2D eigenvalue weighted by molar-refractivity contribution is -0.111. The largest absolute Gasteiger partial charge is 0.494 e. The highest BCUT2D eigenvalue weighted by molar-refractivity contribution is 6.15. The van der Waals surface area contributed by atoms with Gasteiger partial charge in [-0.3, -0.25) is 4.79 Å². The van der Waals surface area contributed by atoms with Crippen molar-refractivity contribution in [1.29, 1.82) is 0 Å². The first kappa shape index (κ1) is 34.4. The van der Waals surface area contributed by atoms with Gasteiger partial charge in [0.25, 0.3) is 0 Å². The SMILES string of the molecule is CCN1CCN(CCCCOc2ccc(/C=C3\CC/C(=C\c4ccc(OCCCCN5CCN(CC)CC5)cc4)C3=O)cc2)CC1. The number of piperazine rings is 2. The molecule has 1 saturated carbocycles. The van der Waals surface area contributed by atoms with E-state index in [0.29, 0.717) is 0 Å². The second-order valence-electron chi connectivity index (χ2n) is 13.0. The molecule has 2 aliphatic heterocycles. The van der Waals surface area contributed by atoms with Crippen LogP contribution in [-0.4, -0.2) is 117 Å². The normalized spacial score (nSPS) is 20.6. The van der Waals surface area contributed by atoms with Crippen molar-refractivity contribution in [3.8, 4) is 11.5 Å². The van der Waals surface area contributed by atoms with Crippen molar-refractivity contribution in [3.05, 3.63) is 70.8 Å². The van der Waals surface area contributed by atoms with E-state index in [0.717, 1.165) is 98.8 Å². The third-order valence-electron chi connectivity index (χ3n) is 9.79. The number of rotatable bonds is 16. The van der Waals surface area contributed by atoms with Crippen LogP contribution in [0.5, 0.6) is 11.5 Å². The van der Waals surface area contributed by atoms with E-state index in [2.05, 4.69) is 57.7 Å². The summed E-state index contributed by atoms with van der Waals surface area (Å²) in [5, 5.41) is 0. The average molecular weight is 629 g/mol. The van der Waals surface area contributed by atoms with Gasteiger partial charge < -0.3 is 29.1 Å². The van der Waals surface area contributed by atoms with Crippen molar-refractivity contribution < 1.29 is 14.3 Å². The lowest BCUT2D eigenvalue weighted by Gasteiger charge is -2.33. The monoisotopic (exact) mass is 628 g/mol. The number of ketones is 1. The Morgan fingerprint density at radius 2 is 0.913 bits per heavy atom. The molecule has 0 spiro atoms. The van der Waals surface area contributed by atoms with Gasteiger partial charge in [-0.15, -0.1) is 0 Å². The molecule has 3 aliphatic rings. The number of hydrogen-bond donors (Lipinski definition) is 0. The van der Waals surface area contributed by atoms with Gasteiger partial charge in [0.05, 0.1) is 13.2 Å². The summed E-state index contributed by atoms with van der Waals surface area (Å²) < 4.78 is 12.0. The van der Waals surface area contributed by atoms with Gasteiger partial charge in [0, 0.05) is 63.5 Å². The van der Waals surface area contributed by atoms with Crippen LogP contribution >= 0.6 is 0 Å². The van der Waals surface area contributed by atoms with Crippen molar-refractivity contribution in [3.63, 3.8) is 0 Å². The van der Waals surface area contributed by atoms with E-state index in [-0.39, 0.29) is 5.78 Å². The molecule has 2 aromatic carbocycles. The van der Waals surface area contributed by atoms with E-state index in [1.807, 2.05) is 36.4 Å². The fraction of sp³-hybridized carbons (Fsp3) is 0.564. The topological polar surface area (TPSA) is 48.5 Å². The van der Waals surface area contributed by atoms with Gasteiger partial charge in [-0.2, -0.15) is 0 Å². The average Bonchev–Trinajstić information content (AvgIpc) is 3.44. The van der Waals surface area contributed by atoms with Crippen molar-refractivity contribution in [2.45, 2.75) is 52.4 Å². The Labute approximate surface area is 277 Å². The maximum Gasteiger partial charge on any atom is 0.185 e. The number of Topliss-reactive ketones (excluding diaryl/α,β-unsaturated/α-hetero) is 1. The van der Waals surface area contributed by atoms with Crippen LogP contribution in [0.2, 0.25) is 0 Å². The summed E-state index contributed by atoms with van der Waals surface area (Å²) in [6.07, 6.45) is 10.1. The molecule has 2 saturated heterocycles. The molecule has 0 aromatic heterocycles. The molecule has 250 valence electrons. The molecule has 0 N–H and O–H groups in total. The number of allylic oxidation sites excluding steroid dienone is 2. The molecular formula is C39H56N4O3. The van der Waals surface area contributed by atoms with Crippen LogP contribution in [0.25, 0.3) is 12.2 Å². The molecule has 7 nitrogen and oxygen atoms in total. The highest BCUT2D eigenvalue weighted by Crippen LogP contribution is 2.30. The predicted molar refractivity (Wildman–Crippen MR) is 190 cm³/mol. The summed E-state index contributed by atoms with van der Waals surface area (Å²) in [5.41, 5.74) is 3.85. The molecule has 3 fully saturated rings. The maximum atomic E-state index is 13.1. The second-order valence-corrected chi connectivity index (χ2v) is 13.0. The van der Waals surface area contributed by atoms with Gasteiger partial charge in [-0.05, 0) is 112 Å². The lowest BCUT2D eigenvalue weighted by atomic mass is 10.1. The summed E-state index contributed by atoms with van der Waals surface area (Å²) in [4.78, 5) is 23.3. The van der Waals surface area contributed by atoms with Gasteiger partial charge in [0.15, 0.2) is 5.78 Å². The maximum absolute atomic E-state index is 13.1. The Balaban J connectivity index is 0.981. The fourth-order valence-electron chi connectivity index (χ4n) is 6.61. The molecule has 0 bridgehead atoms. The van der Waals surface area contributed by atoms with Crippen molar-refractivity contribution >= 4 is 17.9 Å². The molecule has 0 amide bonds. The highest BCUT2D eigenvalue weighted by Gasteiger charge is 2.23. The van der Waals surface area contributed by atoms with Crippen LogP contribution in [0.15, 0.2) is 59.7 Å². The molecule has 2 aromatic rings. The van der Waals surface area contributed by atoms with Crippen molar-refractivity contribution in [1.82, 2.24) is 19.6 Å². The van der Waals surface area contributed by atoms with Crippen LogP contribution in [0.1, 0.15) is 63.5 Å². The molecule has 0 radical (unpaired) electrons. The van der Waals surface area contributed by atoms with Crippen molar-refractivity contribution in [2.75, 3.05) is 91.8 Å². The van der Waals surface area contributed by atoms with E-state index in [9.17, 15) is 4.79 Å². The van der Waals surface area contributed by atoms with Gasteiger partial charge >= 0.3 is 0 Å². The zero-order valence-electron chi connectivity index (χ0n) is 28.4. The minimum atomic E-state index is 0.160. The van der Waals surface area contributed by atoms with E-state index in [4.69, 9.17) is 9.47 Å². The number of nitrogens with zero attached hydrogens (tertiary/aromatic N) is 4. The third-order valence-corrected chi connectivity index (χ3v) is 9.79. The van der Waals surface area contributed by atoms with Crippen LogP contribution < -0.4 is 9.47 Å². The minimum Gasteiger partial charge on any atom is -0.494 e. The number of ether oxygens (including phenoxy) is 2. The lowest BCUT2D eigenvalue weighted by Crippen LogP contribution is -2.46. The second kappa shape index (κ2) is 18.4. The van der Waals surface area contributed by atoms with Gasteiger partial charge in [0.2, 0.25) is 0 Å². The summed E-state index contributed by atoms with van der Waals surface area (Å²) in [6, 6.07) is 16.3. The summed E-state index contributed by atoms with van der Waals surface area (Å²) in [5.74, 6) is 1.95. The highest BCUT2D eigenvalue weighted by atomic mass is 16.5. The molecular weight excluding hydrogens is 572 g/mol. The van der Waals surface area contributed by atoms with Crippen LogP contribution in [-0.2, 0) is 4.79 Å². The number of benzene rings is 2. The number of carbonyl (C=O) groups is 1. The third kappa shape index (κ3) is 10.8. The van der Waals surface area contributed by atoms with Crippen LogP contribution in [0.4, 0.5) is 0 Å². The van der Waals surface area contributed by atoms with E-state index >= 15 is 0 Å². The molecule has 2 heterocycles. The van der Waals surface area contributed by atoms with E-state index in [1.54, 1.807) is 0 Å². The number of hydrogen-bond acceptors (Lipinski definition) is 7. The van der Waals surface area contributed by atoms with E-state index in [1.165, 1.54) is 65.2 Å².